The molecule has 0 spiro atoms. The summed E-state index contributed by atoms with van der Waals surface area (Å²) < 4.78 is 7.49. The number of nitrogens with one attached hydrogen (secondary N) is 1. The first-order valence-electron chi connectivity index (χ1n) is 8.93. The Balaban J connectivity index is 1.42. The number of carbonyl (C=O) groups is 1. The number of aromatic nitrogens is 4. The Morgan fingerprint density at radius 3 is 2.61 bits per heavy atom. The molecule has 0 unspecified atom stereocenters. The van der Waals surface area contributed by atoms with Gasteiger partial charge in [0.2, 0.25) is 5.91 Å². The number of carbonyl (C=O) groups excluding carboxylic acids is 1. The lowest BCUT2D eigenvalue weighted by molar-refractivity contribution is -0.113. The van der Waals surface area contributed by atoms with Crippen molar-refractivity contribution in [1.82, 2.24) is 20.0 Å². The molecule has 1 N–H and O–H groups in total. The van der Waals surface area contributed by atoms with Gasteiger partial charge in [0.15, 0.2) is 0 Å². The maximum Gasteiger partial charge on any atom is 0.277 e. The van der Waals surface area contributed by atoms with Crippen LogP contribution in [-0.2, 0) is 4.79 Å². The molecule has 0 atom stereocenters. The van der Waals surface area contributed by atoms with Crippen molar-refractivity contribution in [2.75, 3.05) is 11.1 Å². The van der Waals surface area contributed by atoms with Crippen molar-refractivity contribution in [2.45, 2.75) is 12.1 Å². The normalized spacial score (nSPS) is 11.0. The van der Waals surface area contributed by atoms with Crippen molar-refractivity contribution in [2.24, 2.45) is 0 Å². The molecule has 2 aromatic carbocycles. The van der Waals surface area contributed by atoms with Crippen LogP contribution in [0.15, 0.2) is 58.3 Å². The van der Waals surface area contributed by atoms with Crippen LogP contribution in [0.3, 0.4) is 0 Å². The predicted molar refractivity (Wildman–Crippen MR) is 122 cm³/mol. The van der Waals surface area contributed by atoms with Gasteiger partial charge < -0.3 is 9.73 Å². The number of para-hydroxylation sites is 1. The summed E-state index contributed by atoms with van der Waals surface area (Å²) in [5.74, 6) is 0.0636. The summed E-state index contributed by atoms with van der Waals surface area (Å²) in [6.45, 7) is 1.92. The topological polar surface area (TPSA) is 85.8 Å². The minimum Gasteiger partial charge on any atom is -0.411 e. The first-order chi connectivity index (χ1) is 14.9. The predicted octanol–water partition coefficient (Wildman–Crippen LogP) is 5.92. The summed E-state index contributed by atoms with van der Waals surface area (Å²) in [4.78, 5) is 12.3. The van der Waals surface area contributed by atoms with Gasteiger partial charge in [0.05, 0.1) is 49.6 Å². The van der Waals surface area contributed by atoms with E-state index in [1.807, 2.05) is 37.3 Å². The molecule has 0 fully saturated rings. The number of hydrogen-bond donors (Lipinski definition) is 1. The summed E-state index contributed by atoms with van der Waals surface area (Å²) in [6, 6.07) is 12.7. The van der Waals surface area contributed by atoms with E-state index in [0.717, 1.165) is 28.7 Å². The summed E-state index contributed by atoms with van der Waals surface area (Å²) in [6.07, 6.45) is 1.67. The van der Waals surface area contributed by atoms with Gasteiger partial charge in [0.1, 0.15) is 0 Å². The van der Waals surface area contributed by atoms with Crippen LogP contribution in [0.25, 0.3) is 17.1 Å². The second kappa shape index (κ2) is 9.32. The Morgan fingerprint density at radius 1 is 1.10 bits per heavy atom. The van der Waals surface area contributed by atoms with Gasteiger partial charge in [-0.2, -0.15) is 5.10 Å². The number of nitrogens with zero attached hydrogens (tertiary/aromatic N) is 4. The minimum atomic E-state index is -0.307. The summed E-state index contributed by atoms with van der Waals surface area (Å²) >= 11 is 19.1. The molecule has 31 heavy (non-hydrogen) atoms. The first-order valence-corrected chi connectivity index (χ1v) is 11.1. The highest BCUT2D eigenvalue weighted by molar-refractivity contribution is 7.99. The lowest BCUT2D eigenvalue weighted by Gasteiger charge is -2.07. The monoisotopic (exact) mass is 493 g/mol. The third-order valence-electron chi connectivity index (χ3n) is 4.26. The van der Waals surface area contributed by atoms with Crippen molar-refractivity contribution in [3.63, 3.8) is 0 Å². The van der Waals surface area contributed by atoms with E-state index < -0.39 is 0 Å². The number of benzene rings is 2. The zero-order valence-electron chi connectivity index (χ0n) is 16.0. The van der Waals surface area contributed by atoms with Crippen molar-refractivity contribution < 1.29 is 9.21 Å². The molecule has 4 aromatic rings. The molecule has 0 saturated heterocycles. The number of hydrogen-bond acceptors (Lipinski definition) is 6. The Morgan fingerprint density at radius 2 is 1.84 bits per heavy atom. The van der Waals surface area contributed by atoms with Crippen LogP contribution < -0.4 is 5.32 Å². The Labute approximate surface area is 196 Å². The zero-order valence-corrected chi connectivity index (χ0v) is 19.1. The summed E-state index contributed by atoms with van der Waals surface area (Å²) in [5.41, 5.74) is 2.88. The molecule has 7 nitrogen and oxygen atoms in total. The van der Waals surface area contributed by atoms with Gasteiger partial charge in [0, 0.05) is 0 Å². The van der Waals surface area contributed by atoms with E-state index in [-0.39, 0.29) is 16.9 Å². The van der Waals surface area contributed by atoms with Gasteiger partial charge in [-0.1, -0.05) is 64.8 Å². The fourth-order valence-corrected chi connectivity index (χ4v) is 3.92. The molecule has 4 rings (SSSR count). The Bertz CT molecular complexity index is 1240. The number of thioether (sulfide) groups is 1. The van der Waals surface area contributed by atoms with Crippen LogP contribution >= 0.6 is 46.6 Å². The van der Waals surface area contributed by atoms with E-state index in [4.69, 9.17) is 39.2 Å². The van der Waals surface area contributed by atoms with E-state index in [1.54, 1.807) is 10.9 Å². The fourth-order valence-electron chi connectivity index (χ4n) is 2.76. The average Bonchev–Trinajstić information content (AvgIpc) is 3.37. The van der Waals surface area contributed by atoms with Crippen LogP contribution in [0.4, 0.5) is 5.69 Å². The van der Waals surface area contributed by atoms with Gasteiger partial charge in [-0.05, 0) is 31.2 Å². The van der Waals surface area contributed by atoms with Crippen molar-refractivity contribution in [3.8, 4) is 17.1 Å². The van der Waals surface area contributed by atoms with Gasteiger partial charge >= 0.3 is 0 Å². The van der Waals surface area contributed by atoms with Crippen LogP contribution in [-0.4, -0.2) is 31.6 Å². The minimum absolute atomic E-state index is 0.0421. The number of anilines is 1. The molecule has 0 radical (unpaired) electrons. The van der Waals surface area contributed by atoms with E-state index in [9.17, 15) is 4.79 Å². The molecular weight excluding hydrogens is 481 g/mol. The number of amides is 1. The van der Waals surface area contributed by atoms with E-state index >= 15 is 0 Å². The average molecular weight is 495 g/mol. The smallest absolute Gasteiger partial charge is 0.277 e. The molecule has 0 bridgehead atoms. The van der Waals surface area contributed by atoms with E-state index in [0.29, 0.717) is 26.6 Å². The summed E-state index contributed by atoms with van der Waals surface area (Å²) in [7, 11) is 0. The van der Waals surface area contributed by atoms with Crippen molar-refractivity contribution >= 4 is 58.2 Å². The quantitative estimate of drug-likeness (QED) is 0.264. The van der Waals surface area contributed by atoms with Gasteiger partial charge in [-0.15, -0.1) is 10.2 Å². The molecule has 0 aliphatic heterocycles. The molecule has 1 amide bonds. The largest absolute Gasteiger partial charge is 0.411 e. The molecule has 2 aromatic heterocycles. The molecule has 0 aliphatic carbocycles. The highest BCUT2D eigenvalue weighted by Crippen LogP contribution is 2.32. The molecule has 11 heteroatoms. The highest BCUT2D eigenvalue weighted by atomic mass is 35.5. The van der Waals surface area contributed by atoms with Crippen molar-refractivity contribution in [3.05, 3.63) is 69.4 Å². The second-order valence-corrected chi connectivity index (χ2v) is 8.50. The SMILES string of the molecule is Cc1c(-c2nnc(SCC(=O)Nc3cc(Cl)c(Cl)cc3Cl)o2)cnn1-c1ccccc1. The van der Waals surface area contributed by atoms with Crippen molar-refractivity contribution in [1.29, 1.82) is 0 Å². The molecule has 2 heterocycles. The van der Waals surface area contributed by atoms with Gasteiger partial charge in [-0.3, -0.25) is 4.79 Å². The highest BCUT2D eigenvalue weighted by Gasteiger charge is 2.17. The fraction of sp³-hybridized carbons (Fsp3) is 0.100. The van der Waals surface area contributed by atoms with Crippen LogP contribution in [0.1, 0.15) is 5.69 Å². The lowest BCUT2D eigenvalue weighted by atomic mass is 10.2. The number of halogens is 3. The van der Waals surface area contributed by atoms with Crippen LogP contribution in [0, 0.1) is 6.92 Å². The zero-order chi connectivity index (χ0) is 22.0. The molecular formula is C20H14Cl3N5O2S. The van der Waals surface area contributed by atoms with Crippen LogP contribution in [0.2, 0.25) is 15.1 Å². The number of rotatable bonds is 6. The first kappa shape index (κ1) is 21.7. The van der Waals surface area contributed by atoms with Crippen LogP contribution in [0.5, 0.6) is 0 Å². The van der Waals surface area contributed by atoms with Gasteiger partial charge in [0.25, 0.3) is 11.1 Å². The second-order valence-electron chi connectivity index (χ2n) is 6.35. The van der Waals surface area contributed by atoms with Gasteiger partial charge in [-0.25, -0.2) is 4.68 Å². The third-order valence-corrected chi connectivity index (χ3v) is 6.11. The molecule has 0 aliphatic rings. The molecule has 158 valence electrons. The lowest BCUT2D eigenvalue weighted by Crippen LogP contribution is -2.14. The van der Waals surface area contributed by atoms with E-state index in [2.05, 4.69) is 20.6 Å². The Kier molecular flexibility index (Phi) is 6.52. The third kappa shape index (κ3) is 4.88. The van der Waals surface area contributed by atoms with E-state index in [1.165, 1.54) is 12.1 Å². The maximum atomic E-state index is 12.3. The maximum absolute atomic E-state index is 12.3. The Hall–Kier alpha value is -2.52. The summed E-state index contributed by atoms with van der Waals surface area (Å²) in [5, 5.41) is 16.3. The standard InChI is InChI=1S/C20H14Cl3N5O2S/c1-11-13(9-24-28(11)12-5-3-2-4-6-12)19-26-27-20(30-19)31-10-18(29)25-17-8-15(22)14(21)7-16(17)23/h2-9H,10H2,1H3,(H,25,29). The molecule has 0 saturated carbocycles.